The van der Waals surface area contributed by atoms with Gasteiger partial charge in [-0.15, -0.1) is 0 Å². The number of benzene rings is 1. The van der Waals surface area contributed by atoms with Crippen LogP contribution in [-0.2, 0) is 4.79 Å². The topological polar surface area (TPSA) is 70.2 Å². The van der Waals surface area contributed by atoms with Crippen LogP contribution in [0.3, 0.4) is 0 Å². The molecule has 8 heteroatoms. The normalized spacial score (nSPS) is 22.2. The van der Waals surface area contributed by atoms with Crippen molar-refractivity contribution in [2.45, 2.75) is 32.3 Å². The molecule has 28 heavy (non-hydrogen) atoms. The molecule has 1 aliphatic heterocycles. The van der Waals surface area contributed by atoms with Crippen LogP contribution in [0.4, 0.5) is 14.6 Å². The van der Waals surface area contributed by atoms with E-state index in [4.69, 9.17) is 0 Å². The molecule has 2 fully saturated rings. The highest BCUT2D eigenvalue weighted by atomic mass is 19.3. The molecule has 2 unspecified atom stereocenters. The van der Waals surface area contributed by atoms with E-state index in [2.05, 4.69) is 25.2 Å². The summed E-state index contributed by atoms with van der Waals surface area (Å²) in [6.45, 7) is 0.347. The van der Waals surface area contributed by atoms with Gasteiger partial charge >= 0.3 is 6.61 Å². The van der Waals surface area contributed by atoms with E-state index in [1.807, 2.05) is 0 Å². The second-order valence-corrected chi connectivity index (χ2v) is 7.49. The van der Waals surface area contributed by atoms with Crippen molar-refractivity contribution in [2.24, 2.45) is 11.8 Å². The molecule has 2 heterocycles. The summed E-state index contributed by atoms with van der Waals surface area (Å²) in [4.78, 5) is 14.9. The molecule has 1 aromatic heterocycles. The number of aromatic nitrogens is 2. The van der Waals surface area contributed by atoms with Gasteiger partial charge in [0.15, 0.2) is 0 Å². The van der Waals surface area contributed by atoms with Gasteiger partial charge in [0.2, 0.25) is 5.91 Å². The summed E-state index contributed by atoms with van der Waals surface area (Å²) < 4.78 is 29.7. The Labute approximate surface area is 162 Å². The number of carbonyl (C=O) groups excluding carboxylic acids is 1. The summed E-state index contributed by atoms with van der Waals surface area (Å²) in [5.41, 5.74) is 0.876. The summed E-state index contributed by atoms with van der Waals surface area (Å²) in [5, 5.41) is 9.74. The molecular weight excluding hydrogens is 366 g/mol. The highest BCUT2D eigenvalue weighted by Crippen LogP contribution is 2.40. The van der Waals surface area contributed by atoms with E-state index in [9.17, 15) is 13.6 Å². The number of alkyl halides is 2. The van der Waals surface area contributed by atoms with Crippen LogP contribution in [0.5, 0.6) is 5.75 Å². The third kappa shape index (κ3) is 4.49. The first-order valence-electron chi connectivity index (χ1n) is 9.73. The predicted molar refractivity (Wildman–Crippen MR) is 101 cm³/mol. The van der Waals surface area contributed by atoms with Crippen LogP contribution in [0.1, 0.15) is 25.7 Å². The number of nitrogens with zero attached hydrogens (tertiary/aromatic N) is 2. The molecule has 4 rings (SSSR count). The molecule has 2 N–H and O–H groups in total. The number of hydrogen-bond acceptors (Lipinski definition) is 4. The molecule has 0 bridgehead atoms. The zero-order valence-corrected chi connectivity index (χ0v) is 15.5. The largest absolute Gasteiger partial charge is 0.434 e. The number of halogens is 2. The number of hydrogen-bond donors (Lipinski definition) is 2. The zero-order chi connectivity index (χ0) is 19.5. The molecule has 1 saturated heterocycles. The highest BCUT2D eigenvalue weighted by Gasteiger charge is 2.43. The van der Waals surface area contributed by atoms with Crippen molar-refractivity contribution in [3.05, 3.63) is 30.3 Å². The van der Waals surface area contributed by atoms with E-state index in [-0.39, 0.29) is 17.6 Å². The number of amides is 1. The smallest absolute Gasteiger partial charge is 0.387 e. The summed E-state index contributed by atoms with van der Waals surface area (Å²) in [7, 11) is 0. The number of likely N-dealkylation sites (tertiary alicyclic amines) is 1. The van der Waals surface area contributed by atoms with Crippen LogP contribution in [0.15, 0.2) is 30.3 Å². The Morgan fingerprint density at radius 2 is 2.07 bits per heavy atom. The van der Waals surface area contributed by atoms with Crippen LogP contribution in [0.25, 0.3) is 11.3 Å². The predicted octanol–water partition coefficient (Wildman–Crippen LogP) is 3.74. The van der Waals surface area contributed by atoms with Gasteiger partial charge in [-0.3, -0.25) is 9.89 Å². The van der Waals surface area contributed by atoms with Crippen molar-refractivity contribution in [1.29, 1.82) is 0 Å². The van der Waals surface area contributed by atoms with Crippen molar-refractivity contribution < 1.29 is 18.3 Å². The molecule has 0 spiro atoms. The SMILES string of the molecule is O=C(Nc1cc(-c2ccccc2OC(F)F)n[nH]1)C1CC1CN1CCCCC1. The Kier molecular flexibility index (Phi) is 5.57. The standard InChI is InChI=1S/C20H24F2N4O2/c21-20(22)28-17-7-3-2-6-14(17)16-11-18(25-24-16)23-19(27)15-10-13(15)12-26-8-4-1-5-9-26/h2-3,6-7,11,13,15,20H,1,4-5,8-10,12H2,(H2,23,24,25,27). The van der Waals surface area contributed by atoms with Gasteiger partial charge in [-0.1, -0.05) is 18.6 Å². The Balaban J connectivity index is 1.35. The van der Waals surface area contributed by atoms with Gasteiger partial charge in [-0.05, 0) is 50.4 Å². The fourth-order valence-electron chi connectivity index (χ4n) is 3.87. The first-order chi connectivity index (χ1) is 13.6. The average molecular weight is 390 g/mol. The van der Waals surface area contributed by atoms with Crippen LogP contribution < -0.4 is 10.1 Å². The monoisotopic (exact) mass is 390 g/mol. The molecule has 1 amide bonds. The van der Waals surface area contributed by atoms with Crippen molar-refractivity contribution >= 4 is 11.7 Å². The van der Waals surface area contributed by atoms with Crippen molar-refractivity contribution in [2.75, 3.05) is 25.0 Å². The van der Waals surface area contributed by atoms with Gasteiger partial charge in [0.1, 0.15) is 11.6 Å². The fraction of sp³-hybridized carbons (Fsp3) is 0.500. The summed E-state index contributed by atoms with van der Waals surface area (Å²) in [6.07, 6.45) is 4.71. The summed E-state index contributed by atoms with van der Waals surface area (Å²) in [6, 6.07) is 8.08. The van der Waals surface area contributed by atoms with E-state index in [0.717, 1.165) is 26.1 Å². The Bertz CT molecular complexity index is 820. The lowest BCUT2D eigenvalue weighted by atomic mass is 10.1. The lowest BCUT2D eigenvalue weighted by Gasteiger charge is -2.26. The van der Waals surface area contributed by atoms with Crippen molar-refractivity contribution in [3.8, 4) is 17.0 Å². The van der Waals surface area contributed by atoms with E-state index in [0.29, 0.717) is 23.0 Å². The maximum Gasteiger partial charge on any atom is 0.387 e. The lowest BCUT2D eigenvalue weighted by molar-refractivity contribution is -0.117. The third-order valence-corrected chi connectivity index (χ3v) is 5.42. The van der Waals surface area contributed by atoms with Crippen LogP contribution in [-0.4, -0.2) is 47.3 Å². The van der Waals surface area contributed by atoms with E-state index in [1.165, 1.54) is 25.3 Å². The summed E-state index contributed by atoms with van der Waals surface area (Å²) >= 11 is 0. The van der Waals surface area contributed by atoms with Crippen LogP contribution in [0, 0.1) is 11.8 Å². The number of para-hydroxylation sites is 1. The number of anilines is 1. The van der Waals surface area contributed by atoms with Crippen LogP contribution >= 0.6 is 0 Å². The van der Waals surface area contributed by atoms with Crippen molar-refractivity contribution in [1.82, 2.24) is 15.1 Å². The van der Waals surface area contributed by atoms with E-state index >= 15 is 0 Å². The van der Waals surface area contributed by atoms with Crippen molar-refractivity contribution in [3.63, 3.8) is 0 Å². The molecule has 1 saturated carbocycles. The minimum atomic E-state index is -2.91. The summed E-state index contributed by atoms with van der Waals surface area (Å²) in [5.74, 6) is 0.930. The fourth-order valence-corrected chi connectivity index (χ4v) is 3.87. The van der Waals surface area contributed by atoms with Gasteiger partial charge in [0.05, 0.1) is 5.69 Å². The number of piperidine rings is 1. The lowest BCUT2D eigenvalue weighted by Crippen LogP contribution is -2.32. The Morgan fingerprint density at radius 1 is 1.29 bits per heavy atom. The Morgan fingerprint density at radius 3 is 2.86 bits per heavy atom. The number of carbonyl (C=O) groups is 1. The van der Waals surface area contributed by atoms with Gasteiger partial charge in [0, 0.05) is 24.1 Å². The van der Waals surface area contributed by atoms with E-state index in [1.54, 1.807) is 24.3 Å². The molecule has 6 nitrogen and oxygen atoms in total. The minimum absolute atomic E-state index is 0.0191. The van der Waals surface area contributed by atoms with Crippen LogP contribution in [0.2, 0.25) is 0 Å². The number of H-pyrrole nitrogens is 1. The van der Waals surface area contributed by atoms with E-state index < -0.39 is 6.61 Å². The molecule has 1 aliphatic carbocycles. The van der Waals surface area contributed by atoms with Gasteiger partial charge in [-0.2, -0.15) is 13.9 Å². The minimum Gasteiger partial charge on any atom is -0.434 e. The maximum absolute atomic E-state index is 12.6. The first kappa shape index (κ1) is 18.9. The Hall–Kier alpha value is -2.48. The van der Waals surface area contributed by atoms with Gasteiger partial charge in [-0.25, -0.2) is 0 Å². The number of nitrogens with one attached hydrogen (secondary N) is 2. The quantitative estimate of drug-likeness (QED) is 0.756. The number of rotatable bonds is 7. The molecule has 1 aromatic carbocycles. The second-order valence-electron chi connectivity index (χ2n) is 7.49. The maximum atomic E-state index is 12.6. The number of ether oxygens (including phenoxy) is 1. The highest BCUT2D eigenvalue weighted by molar-refractivity contribution is 5.94. The first-order valence-corrected chi connectivity index (χ1v) is 9.73. The zero-order valence-electron chi connectivity index (χ0n) is 15.5. The molecule has 150 valence electrons. The van der Waals surface area contributed by atoms with Gasteiger partial charge < -0.3 is 15.0 Å². The molecule has 2 atom stereocenters. The molecular formula is C20H24F2N4O2. The number of aromatic amines is 1. The molecule has 2 aliphatic rings. The van der Waals surface area contributed by atoms with Gasteiger partial charge in [0.25, 0.3) is 0 Å². The third-order valence-electron chi connectivity index (χ3n) is 5.42. The average Bonchev–Trinajstić information content (AvgIpc) is 3.30. The molecule has 0 radical (unpaired) electrons. The molecule has 2 aromatic rings. The second kappa shape index (κ2) is 8.26.